The van der Waals surface area contributed by atoms with E-state index >= 15 is 0 Å². The Morgan fingerprint density at radius 3 is 2.59 bits per heavy atom. The molecule has 0 atom stereocenters. The van der Waals surface area contributed by atoms with Crippen LogP contribution >= 0.6 is 47.4 Å². The average molecular weight is 379 g/mol. The molecule has 1 heterocycles. The van der Waals surface area contributed by atoms with Gasteiger partial charge in [0.15, 0.2) is 0 Å². The third-order valence-corrected chi connectivity index (χ3v) is 4.23. The van der Waals surface area contributed by atoms with Gasteiger partial charge in [-0.2, -0.15) is 0 Å². The Labute approximate surface area is 148 Å². The number of thioether (sulfide) groups is 1. The Morgan fingerprint density at radius 2 is 2.00 bits per heavy atom. The Kier molecular flexibility index (Phi) is 6.81. The number of carbonyl (C=O) groups excluding carboxylic acids is 1. The van der Waals surface area contributed by atoms with E-state index in [1.165, 1.54) is 6.07 Å². The number of halogens is 3. The molecule has 118 valence electrons. The van der Waals surface area contributed by atoms with Crippen LogP contribution in [0.3, 0.4) is 0 Å². The summed E-state index contributed by atoms with van der Waals surface area (Å²) >= 11 is 13.6. The van der Waals surface area contributed by atoms with Gasteiger partial charge in [-0.15, -0.1) is 24.2 Å². The van der Waals surface area contributed by atoms with E-state index < -0.39 is 5.91 Å². The molecule has 2 aromatic rings. The zero-order valence-electron chi connectivity index (χ0n) is 11.6. The van der Waals surface area contributed by atoms with E-state index in [9.17, 15) is 4.79 Å². The first kappa shape index (κ1) is 18.9. The molecule has 8 heteroatoms. The summed E-state index contributed by atoms with van der Waals surface area (Å²) in [6, 6.07) is 6.98. The number of nitrogens with one attached hydrogen (secondary N) is 1. The number of nitrogens with zero attached hydrogens (tertiary/aromatic N) is 1. The molecule has 1 aromatic carbocycles. The standard InChI is InChI=1S/C14H13Cl2N3OS.ClH/c1-21-12-3-2-9(15)4-8(12)6-19-7-10(16)5-11(13(19)17)14(18)20;/h2-5,7,17H,6H2,1H3,(H2,18,20);1H. The van der Waals surface area contributed by atoms with Crippen LogP contribution in [0, 0.1) is 5.41 Å². The van der Waals surface area contributed by atoms with E-state index in [2.05, 4.69) is 0 Å². The maximum Gasteiger partial charge on any atom is 0.252 e. The summed E-state index contributed by atoms with van der Waals surface area (Å²) in [6.07, 6.45) is 3.56. The molecule has 0 aliphatic rings. The Balaban J connectivity index is 0.00000242. The number of rotatable bonds is 4. The van der Waals surface area contributed by atoms with Gasteiger partial charge in [0.2, 0.25) is 0 Å². The molecular formula is C14H14Cl3N3OS. The highest BCUT2D eigenvalue weighted by atomic mass is 35.5. The van der Waals surface area contributed by atoms with Crippen LogP contribution < -0.4 is 11.2 Å². The number of amides is 1. The topological polar surface area (TPSA) is 71.9 Å². The summed E-state index contributed by atoms with van der Waals surface area (Å²) in [7, 11) is 0. The van der Waals surface area contributed by atoms with Gasteiger partial charge in [-0.3, -0.25) is 10.2 Å². The minimum absolute atomic E-state index is 0. The highest BCUT2D eigenvalue weighted by Gasteiger charge is 2.10. The number of pyridine rings is 1. The van der Waals surface area contributed by atoms with Gasteiger partial charge in [0.05, 0.1) is 17.1 Å². The van der Waals surface area contributed by atoms with Crippen LogP contribution in [0.5, 0.6) is 0 Å². The maximum atomic E-state index is 11.4. The summed E-state index contributed by atoms with van der Waals surface area (Å²) < 4.78 is 1.58. The zero-order chi connectivity index (χ0) is 15.6. The van der Waals surface area contributed by atoms with Gasteiger partial charge < -0.3 is 10.3 Å². The van der Waals surface area contributed by atoms with Crippen LogP contribution in [0.25, 0.3) is 0 Å². The molecule has 0 saturated carbocycles. The summed E-state index contributed by atoms with van der Waals surface area (Å²) in [6.45, 7) is 0.385. The number of carbonyl (C=O) groups is 1. The lowest BCUT2D eigenvalue weighted by Gasteiger charge is -2.13. The summed E-state index contributed by atoms with van der Waals surface area (Å²) in [5, 5.41) is 9.04. The third kappa shape index (κ3) is 4.20. The van der Waals surface area contributed by atoms with E-state index in [1.807, 2.05) is 24.5 Å². The molecule has 3 N–H and O–H groups in total. The van der Waals surface area contributed by atoms with Crippen LogP contribution in [-0.2, 0) is 6.54 Å². The fraction of sp³-hybridized carbons (Fsp3) is 0.143. The number of hydrogen-bond donors (Lipinski definition) is 2. The second-order valence-electron chi connectivity index (χ2n) is 4.37. The lowest BCUT2D eigenvalue weighted by atomic mass is 10.2. The largest absolute Gasteiger partial charge is 0.365 e. The lowest BCUT2D eigenvalue weighted by Crippen LogP contribution is -2.29. The van der Waals surface area contributed by atoms with E-state index in [-0.39, 0.29) is 23.5 Å². The molecule has 1 amide bonds. The van der Waals surface area contributed by atoms with Crippen molar-refractivity contribution in [1.82, 2.24) is 4.57 Å². The summed E-state index contributed by atoms with van der Waals surface area (Å²) in [5.74, 6) is -0.674. The molecule has 0 spiro atoms. The number of hydrogen-bond acceptors (Lipinski definition) is 3. The second kappa shape index (κ2) is 7.92. The Hall–Kier alpha value is -1.14. The highest BCUT2D eigenvalue weighted by molar-refractivity contribution is 7.98. The number of nitrogens with two attached hydrogens (primary N) is 1. The number of aromatic nitrogens is 1. The minimum atomic E-state index is -0.674. The van der Waals surface area contributed by atoms with Gasteiger partial charge in [-0.1, -0.05) is 23.2 Å². The van der Waals surface area contributed by atoms with Crippen molar-refractivity contribution in [3.63, 3.8) is 0 Å². The van der Waals surface area contributed by atoms with E-state index in [0.717, 1.165) is 10.5 Å². The molecule has 0 aliphatic heterocycles. The van der Waals surface area contributed by atoms with Gasteiger partial charge in [0, 0.05) is 16.1 Å². The average Bonchev–Trinajstić information content (AvgIpc) is 2.42. The van der Waals surface area contributed by atoms with Crippen LogP contribution in [0.2, 0.25) is 10.0 Å². The quantitative estimate of drug-likeness (QED) is 0.798. The third-order valence-electron chi connectivity index (χ3n) is 2.95. The smallest absolute Gasteiger partial charge is 0.252 e. The molecule has 0 bridgehead atoms. The minimum Gasteiger partial charge on any atom is -0.365 e. The fourth-order valence-electron chi connectivity index (χ4n) is 1.98. The molecule has 4 nitrogen and oxygen atoms in total. The first-order valence-electron chi connectivity index (χ1n) is 5.99. The SMILES string of the molecule is CSc1ccc(Cl)cc1Cn1cc(Cl)cc(C(N)=O)c1=N.Cl. The second-order valence-corrected chi connectivity index (χ2v) is 6.09. The number of benzene rings is 1. The van der Waals surface area contributed by atoms with Gasteiger partial charge in [0.25, 0.3) is 5.91 Å². The van der Waals surface area contributed by atoms with Crippen molar-refractivity contribution < 1.29 is 4.79 Å². The molecule has 0 radical (unpaired) electrons. The van der Waals surface area contributed by atoms with Crippen molar-refractivity contribution in [2.75, 3.05) is 6.26 Å². The first-order chi connectivity index (χ1) is 9.92. The lowest BCUT2D eigenvalue weighted by molar-refractivity contribution is 0.0998. The molecule has 0 saturated heterocycles. The monoisotopic (exact) mass is 377 g/mol. The molecule has 1 aromatic heterocycles. The van der Waals surface area contributed by atoms with Crippen molar-refractivity contribution >= 4 is 53.3 Å². The van der Waals surface area contributed by atoms with Crippen LogP contribution in [0.4, 0.5) is 0 Å². The Bertz CT molecular complexity index is 761. The predicted molar refractivity (Wildman–Crippen MR) is 93.4 cm³/mol. The van der Waals surface area contributed by atoms with Crippen LogP contribution in [-0.4, -0.2) is 16.7 Å². The maximum absolute atomic E-state index is 11.4. The molecular weight excluding hydrogens is 365 g/mol. The van der Waals surface area contributed by atoms with Crippen molar-refractivity contribution in [3.8, 4) is 0 Å². The molecule has 22 heavy (non-hydrogen) atoms. The van der Waals surface area contributed by atoms with Gasteiger partial charge in [-0.25, -0.2) is 0 Å². The van der Waals surface area contributed by atoms with Gasteiger partial charge in [-0.05, 0) is 36.1 Å². The zero-order valence-corrected chi connectivity index (χ0v) is 14.7. The van der Waals surface area contributed by atoms with E-state index in [1.54, 1.807) is 22.5 Å². The predicted octanol–water partition coefficient (Wildman–Crippen LogP) is 3.57. The van der Waals surface area contributed by atoms with Crippen molar-refractivity contribution in [3.05, 3.63) is 57.1 Å². The van der Waals surface area contributed by atoms with Gasteiger partial charge in [0.1, 0.15) is 5.49 Å². The van der Waals surface area contributed by atoms with Crippen molar-refractivity contribution in [1.29, 1.82) is 5.41 Å². The fourth-order valence-corrected chi connectivity index (χ4v) is 2.99. The molecule has 0 fully saturated rings. The first-order valence-corrected chi connectivity index (χ1v) is 7.97. The van der Waals surface area contributed by atoms with Crippen molar-refractivity contribution in [2.24, 2.45) is 5.73 Å². The summed E-state index contributed by atoms with van der Waals surface area (Å²) in [4.78, 5) is 12.4. The number of primary amides is 1. The van der Waals surface area contributed by atoms with E-state index in [0.29, 0.717) is 16.6 Å². The van der Waals surface area contributed by atoms with Crippen molar-refractivity contribution in [2.45, 2.75) is 11.4 Å². The molecule has 0 unspecified atom stereocenters. The van der Waals surface area contributed by atoms with Crippen LogP contribution in [0.1, 0.15) is 15.9 Å². The normalized spacial score (nSPS) is 10.1. The van der Waals surface area contributed by atoms with Crippen LogP contribution in [0.15, 0.2) is 35.4 Å². The Morgan fingerprint density at radius 1 is 1.32 bits per heavy atom. The highest BCUT2D eigenvalue weighted by Crippen LogP contribution is 2.24. The summed E-state index contributed by atoms with van der Waals surface area (Å²) in [5.41, 5.74) is 6.34. The molecule has 0 aliphatic carbocycles. The van der Waals surface area contributed by atoms with Gasteiger partial charge >= 0.3 is 0 Å². The van der Waals surface area contributed by atoms with E-state index in [4.69, 9.17) is 34.3 Å². The molecule has 2 rings (SSSR count).